The molecule has 0 bridgehead atoms. The van der Waals surface area contributed by atoms with Gasteiger partial charge in [-0.15, -0.1) is 0 Å². The number of sulfone groups is 1. The highest BCUT2D eigenvalue weighted by Crippen LogP contribution is 2.27. The average Bonchev–Trinajstić information content (AvgIpc) is 2.40. The van der Waals surface area contributed by atoms with Gasteiger partial charge < -0.3 is 10.4 Å². The second kappa shape index (κ2) is 6.38. The summed E-state index contributed by atoms with van der Waals surface area (Å²) >= 11 is 0. The van der Waals surface area contributed by atoms with Crippen LogP contribution in [0.15, 0.2) is 12.4 Å². The monoisotopic (exact) mass is 313 g/mol. The van der Waals surface area contributed by atoms with Crippen LogP contribution in [0, 0.1) is 5.92 Å². The number of aromatic nitrogens is 2. The SMILES string of the molecule is CS(=O)(=O)CC1CCC(Nc2cnc(C(=O)O)cn2)CC1. The fraction of sp³-hybridized carbons (Fsp3) is 0.615. The fourth-order valence-corrected chi connectivity index (χ4v) is 3.81. The molecule has 0 radical (unpaired) electrons. The molecule has 21 heavy (non-hydrogen) atoms. The molecular formula is C13H19N3O4S. The van der Waals surface area contributed by atoms with Crippen molar-refractivity contribution in [2.24, 2.45) is 5.92 Å². The number of anilines is 1. The van der Waals surface area contributed by atoms with Crippen molar-refractivity contribution >= 4 is 21.6 Å². The second-order valence-corrected chi connectivity index (χ2v) is 7.73. The Bertz CT molecular complexity index is 592. The second-order valence-electron chi connectivity index (χ2n) is 5.55. The maximum absolute atomic E-state index is 11.3. The summed E-state index contributed by atoms with van der Waals surface area (Å²) in [5, 5.41) is 12.0. The van der Waals surface area contributed by atoms with Crippen LogP contribution in [0.1, 0.15) is 36.2 Å². The minimum atomic E-state index is -2.91. The maximum atomic E-state index is 11.3. The molecule has 1 aliphatic carbocycles. The third-order valence-corrected chi connectivity index (χ3v) is 4.69. The third-order valence-electron chi connectivity index (χ3n) is 3.61. The first-order valence-electron chi connectivity index (χ1n) is 6.83. The molecule has 0 spiro atoms. The molecule has 1 aromatic rings. The molecule has 1 fully saturated rings. The van der Waals surface area contributed by atoms with Crippen molar-refractivity contribution in [2.45, 2.75) is 31.7 Å². The first-order valence-corrected chi connectivity index (χ1v) is 8.89. The van der Waals surface area contributed by atoms with Crippen molar-refractivity contribution in [2.75, 3.05) is 17.3 Å². The summed E-state index contributed by atoms with van der Waals surface area (Å²) in [5.41, 5.74) is -0.0857. The minimum absolute atomic E-state index is 0.0857. The average molecular weight is 313 g/mol. The Hall–Kier alpha value is -1.70. The lowest BCUT2D eigenvalue weighted by atomic mass is 9.87. The van der Waals surface area contributed by atoms with Crippen molar-refractivity contribution in [1.29, 1.82) is 0 Å². The van der Waals surface area contributed by atoms with Gasteiger partial charge in [0.15, 0.2) is 5.69 Å². The van der Waals surface area contributed by atoms with Crippen LogP contribution < -0.4 is 5.32 Å². The largest absolute Gasteiger partial charge is 0.476 e. The summed E-state index contributed by atoms with van der Waals surface area (Å²) in [6, 6.07) is 0.228. The summed E-state index contributed by atoms with van der Waals surface area (Å²) in [4.78, 5) is 18.5. The van der Waals surface area contributed by atoms with Gasteiger partial charge in [-0.2, -0.15) is 0 Å². The van der Waals surface area contributed by atoms with E-state index in [1.807, 2.05) is 0 Å². The van der Waals surface area contributed by atoms with E-state index in [1.54, 1.807) is 0 Å². The van der Waals surface area contributed by atoms with E-state index >= 15 is 0 Å². The van der Waals surface area contributed by atoms with Crippen molar-refractivity contribution in [1.82, 2.24) is 9.97 Å². The lowest BCUT2D eigenvalue weighted by molar-refractivity contribution is 0.0690. The van der Waals surface area contributed by atoms with Crippen LogP contribution in [0.5, 0.6) is 0 Å². The van der Waals surface area contributed by atoms with Gasteiger partial charge in [0, 0.05) is 12.3 Å². The molecule has 1 heterocycles. The maximum Gasteiger partial charge on any atom is 0.356 e. The Balaban J connectivity index is 1.84. The number of carbonyl (C=O) groups is 1. The van der Waals surface area contributed by atoms with Crippen molar-refractivity contribution in [3.63, 3.8) is 0 Å². The fourth-order valence-electron chi connectivity index (χ4n) is 2.62. The molecule has 1 saturated carbocycles. The highest BCUT2D eigenvalue weighted by Gasteiger charge is 2.24. The van der Waals surface area contributed by atoms with Crippen LogP contribution >= 0.6 is 0 Å². The Labute approximate surface area is 123 Å². The van der Waals surface area contributed by atoms with E-state index in [1.165, 1.54) is 18.6 Å². The number of nitrogens with zero attached hydrogens (tertiary/aromatic N) is 2. The van der Waals surface area contributed by atoms with Crippen molar-refractivity contribution in [3.8, 4) is 0 Å². The zero-order chi connectivity index (χ0) is 15.5. The zero-order valence-electron chi connectivity index (χ0n) is 11.8. The van der Waals surface area contributed by atoms with E-state index < -0.39 is 15.8 Å². The van der Waals surface area contributed by atoms with Gasteiger partial charge in [-0.25, -0.2) is 23.2 Å². The highest BCUT2D eigenvalue weighted by atomic mass is 32.2. The van der Waals surface area contributed by atoms with Gasteiger partial charge in [0.25, 0.3) is 0 Å². The zero-order valence-corrected chi connectivity index (χ0v) is 12.6. The normalized spacial score (nSPS) is 22.7. The van der Waals surface area contributed by atoms with E-state index in [9.17, 15) is 13.2 Å². The molecule has 0 atom stereocenters. The van der Waals surface area contributed by atoms with Gasteiger partial charge in [-0.1, -0.05) is 0 Å². The van der Waals surface area contributed by atoms with Gasteiger partial charge in [0.1, 0.15) is 15.7 Å². The van der Waals surface area contributed by atoms with Gasteiger partial charge in [-0.05, 0) is 31.6 Å². The molecule has 0 unspecified atom stereocenters. The quantitative estimate of drug-likeness (QED) is 0.840. The lowest BCUT2D eigenvalue weighted by Crippen LogP contribution is -2.29. The summed E-state index contributed by atoms with van der Waals surface area (Å²) in [5.74, 6) is -0.0623. The number of carboxylic acids is 1. The summed E-state index contributed by atoms with van der Waals surface area (Å²) in [7, 11) is -2.91. The van der Waals surface area contributed by atoms with Crippen LogP contribution in [0.2, 0.25) is 0 Å². The lowest BCUT2D eigenvalue weighted by Gasteiger charge is -2.28. The standard InChI is InChI=1S/C13H19N3O4S/c1-21(19,20)8-9-2-4-10(5-3-9)16-12-7-14-11(6-15-12)13(17)18/h6-7,9-10H,2-5,8H2,1H3,(H,15,16)(H,17,18). The molecule has 8 heteroatoms. The Morgan fingerprint density at radius 1 is 1.29 bits per heavy atom. The molecule has 0 aliphatic heterocycles. The van der Waals surface area contributed by atoms with E-state index in [4.69, 9.17) is 5.11 Å². The smallest absolute Gasteiger partial charge is 0.356 e. The predicted molar refractivity (Wildman–Crippen MR) is 78.1 cm³/mol. The predicted octanol–water partition coefficient (Wildman–Crippen LogP) is 1.19. The first-order chi connectivity index (χ1) is 9.83. The topological polar surface area (TPSA) is 109 Å². The van der Waals surface area contributed by atoms with Gasteiger partial charge in [-0.3, -0.25) is 0 Å². The number of nitrogens with one attached hydrogen (secondary N) is 1. The Kier molecular flexibility index (Phi) is 4.76. The molecule has 116 valence electrons. The van der Waals surface area contributed by atoms with Gasteiger partial charge in [0.05, 0.1) is 18.1 Å². The molecular weight excluding hydrogens is 294 g/mol. The Morgan fingerprint density at radius 2 is 1.95 bits per heavy atom. The molecule has 1 aliphatic rings. The number of hydrogen-bond acceptors (Lipinski definition) is 6. The summed E-state index contributed by atoms with van der Waals surface area (Å²) in [6.07, 6.45) is 7.39. The van der Waals surface area contributed by atoms with Crippen LogP contribution in [0.3, 0.4) is 0 Å². The number of carboxylic acid groups (broad SMARTS) is 1. The van der Waals surface area contributed by atoms with Crippen molar-refractivity contribution < 1.29 is 18.3 Å². The Morgan fingerprint density at radius 3 is 2.43 bits per heavy atom. The van der Waals surface area contributed by atoms with Gasteiger partial charge >= 0.3 is 5.97 Å². The van der Waals surface area contributed by atoms with E-state index in [0.29, 0.717) is 5.82 Å². The van der Waals surface area contributed by atoms with E-state index in [2.05, 4.69) is 15.3 Å². The van der Waals surface area contributed by atoms with Crippen LogP contribution in [-0.2, 0) is 9.84 Å². The van der Waals surface area contributed by atoms with E-state index in [-0.39, 0.29) is 23.4 Å². The summed E-state index contributed by atoms with van der Waals surface area (Å²) < 4.78 is 22.6. The van der Waals surface area contributed by atoms with E-state index in [0.717, 1.165) is 25.7 Å². The molecule has 0 amide bonds. The first kappa shape index (κ1) is 15.7. The van der Waals surface area contributed by atoms with Crippen LogP contribution in [-0.4, -0.2) is 47.5 Å². The highest BCUT2D eigenvalue weighted by molar-refractivity contribution is 7.90. The van der Waals surface area contributed by atoms with Crippen LogP contribution in [0.4, 0.5) is 5.82 Å². The molecule has 2 N–H and O–H groups in total. The van der Waals surface area contributed by atoms with Crippen molar-refractivity contribution in [3.05, 3.63) is 18.1 Å². The molecule has 0 aromatic carbocycles. The number of hydrogen-bond donors (Lipinski definition) is 2. The molecule has 2 rings (SSSR count). The minimum Gasteiger partial charge on any atom is -0.476 e. The van der Waals surface area contributed by atoms with Crippen LogP contribution in [0.25, 0.3) is 0 Å². The third kappa shape index (κ3) is 4.96. The number of aromatic carboxylic acids is 1. The molecule has 1 aromatic heterocycles. The number of rotatable bonds is 5. The van der Waals surface area contributed by atoms with Gasteiger partial charge in [0.2, 0.25) is 0 Å². The molecule has 0 saturated heterocycles. The molecule has 7 nitrogen and oxygen atoms in total. The summed E-state index contributed by atoms with van der Waals surface area (Å²) in [6.45, 7) is 0.